The van der Waals surface area contributed by atoms with Crippen molar-refractivity contribution in [3.63, 3.8) is 0 Å². The van der Waals surface area contributed by atoms with Crippen LogP contribution in [0.5, 0.6) is 0 Å². The highest BCUT2D eigenvalue weighted by Gasteiger charge is 2.21. The van der Waals surface area contributed by atoms with Crippen molar-refractivity contribution in [2.45, 2.75) is 31.3 Å². The average Bonchev–Trinajstić information content (AvgIpc) is 2.12. The molecule has 0 N–H and O–H groups in total. The Hall–Kier alpha value is -0.700. The van der Waals surface area contributed by atoms with E-state index in [1.807, 2.05) is 0 Å². The smallest absolute Gasteiger partial charge is 0.338 e. The summed E-state index contributed by atoms with van der Waals surface area (Å²) in [5, 5.41) is 0. The fourth-order valence-corrected chi connectivity index (χ4v) is 2.58. The van der Waals surface area contributed by atoms with Gasteiger partial charge in [0.15, 0.2) is 0 Å². The normalized spacial score (nSPS) is 12.3. The Morgan fingerprint density at radius 2 is 1.83 bits per heavy atom. The maximum Gasteiger partial charge on any atom is 0.338 e. The third-order valence-electron chi connectivity index (χ3n) is 1.79. The van der Waals surface area contributed by atoms with Crippen molar-refractivity contribution in [2.75, 3.05) is 0 Å². The first-order valence-corrected chi connectivity index (χ1v) is 7.44. The summed E-state index contributed by atoms with van der Waals surface area (Å²) in [6.07, 6.45) is 0. The zero-order chi connectivity index (χ0) is 14.1. The molecule has 0 saturated carbocycles. The number of carbonyl (C=O) groups excluding carboxylic acids is 1. The molecule has 1 aromatic rings. The highest BCUT2D eigenvalue weighted by molar-refractivity contribution is 14.1. The van der Waals surface area contributed by atoms with E-state index in [0.717, 1.165) is 12.1 Å². The molecular formula is C11H12FIO4S. The largest absolute Gasteiger partial charge is 0.456 e. The van der Waals surface area contributed by atoms with Crippen molar-refractivity contribution in [2.24, 2.45) is 0 Å². The molecule has 0 atom stereocenters. The Labute approximate surface area is 119 Å². The first-order chi connectivity index (χ1) is 7.99. The predicted molar refractivity (Wildman–Crippen MR) is 72.6 cm³/mol. The van der Waals surface area contributed by atoms with Crippen molar-refractivity contribution in [1.82, 2.24) is 0 Å². The minimum atomic E-state index is -4.84. The number of benzene rings is 1. The van der Waals surface area contributed by atoms with Crippen LogP contribution in [0.1, 0.15) is 31.1 Å². The molecule has 0 aliphatic carbocycles. The molecular weight excluding hydrogens is 374 g/mol. The van der Waals surface area contributed by atoms with Gasteiger partial charge in [-0.15, -0.1) is 3.89 Å². The molecule has 1 aromatic carbocycles. The molecule has 0 fully saturated rings. The van der Waals surface area contributed by atoms with Gasteiger partial charge in [0, 0.05) is 3.57 Å². The lowest BCUT2D eigenvalue weighted by atomic mass is 10.2. The van der Waals surface area contributed by atoms with Crippen LogP contribution in [-0.4, -0.2) is 20.0 Å². The van der Waals surface area contributed by atoms with Gasteiger partial charge in [0.05, 0.1) is 5.56 Å². The molecule has 0 unspecified atom stereocenters. The molecule has 0 heterocycles. The summed E-state index contributed by atoms with van der Waals surface area (Å²) in [7, 11) is -4.84. The highest BCUT2D eigenvalue weighted by Crippen LogP contribution is 2.20. The van der Waals surface area contributed by atoms with Gasteiger partial charge < -0.3 is 4.74 Å². The summed E-state index contributed by atoms with van der Waals surface area (Å²) in [6.45, 7) is 5.06. The van der Waals surface area contributed by atoms with Gasteiger partial charge in [-0.25, -0.2) is 4.79 Å². The number of carbonyl (C=O) groups is 1. The molecule has 0 aromatic heterocycles. The highest BCUT2D eigenvalue weighted by atomic mass is 127. The molecule has 7 heteroatoms. The zero-order valence-electron chi connectivity index (χ0n) is 10.0. The van der Waals surface area contributed by atoms with E-state index in [1.165, 1.54) is 6.07 Å². The van der Waals surface area contributed by atoms with Gasteiger partial charge in [-0.05, 0) is 61.6 Å². The van der Waals surface area contributed by atoms with Crippen LogP contribution in [-0.2, 0) is 15.0 Å². The van der Waals surface area contributed by atoms with E-state index in [2.05, 4.69) is 0 Å². The van der Waals surface area contributed by atoms with E-state index < -0.39 is 26.7 Å². The molecule has 4 nitrogen and oxygen atoms in total. The van der Waals surface area contributed by atoms with Crippen LogP contribution in [0.15, 0.2) is 23.1 Å². The lowest BCUT2D eigenvalue weighted by Crippen LogP contribution is -2.24. The second-order valence-electron chi connectivity index (χ2n) is 4.62. The fourth-order valence-electron chi connectivity index (χ4n) is 1.16. The third kappa shape index (κ3) is 4.52. The maximum atomic E-state index is 12.9. The number of ether oxygens (including phenoxy) is 1. The Bertz CT molecular complexity index is 575. The van der Waals surface area contributed by atoms with E-state index in [1.54, 1.807) is 43.4 Å². The molecule has 18 heavy (non-hydrogen) atoms. The lowest BCUT2D eigenvalue weighted by molar-refractivity contribution is 0.00692. The number of rotatable bonds is 2. The van der Waals surface area contributed by atoms with Crippen LogP contribution < -0.4 is 0 Å². The summed E-state index contributed by atoms with van der Waals surface area (Å²) in [5.41, 5.74) is -0.694. The van der Waals surface area contributed by atoms with E-state index in [4.69, 9.17) is 4.74 Å². The minimum Gasteiger partial charge on any atom is -0.456 e. The summed E-state index contributed by atoms with van der Waals surface area (Å²) >= 11 is 1.80. The van der Waals surface area contributed by atoms with Crippen LogP contribution >= 0.6 is 22.6 Å². The average molecular weight is 386 g/mol. The Morgan fingerprint density at radius 3 is 2.28 bits per heavy atom. The minimum absolute atomic E-state index is 0.00745. The predicted octanol–water partition coefficient (Wildman–Crippen LogP) is 2.90. The molecule has 0 aliphatic heterocycles. The molecule has 0 bridgehead atoms. The van der Waals surface area contributed by atoms with Crippen LogP contribution in [0.3, 0.4) is 0 Å². The van der Waals surface area contributed by atoms with Gasteiger partial charge >= 0.3 is 16.2 Å². The van der Waals surface area contributed by atoms with Crippen molar-refractivity contribution >= 4 is 38.8 Å². The number of hydrogen-bond acceptors (Lipinski definition) is 4. The Kier molecular flexibility index (Phi) is 4.37. The second kappa shape index (κ2) is 5.12. The number of hydrogen-bond donors (Lipinski definition) is 0. The summed E-state index contributed by atoms with van der Waals surface area (Å²) in [5.74, 6) is -0.689. The fraction of sp³-hybridized carbons (Fsp3) is 0.364. The van der Waals surface area contributed by atoms with E-state index >= 15 is 0 Å². The van der Waals surface area contributed by atoms with Gasteiger partial charge in [-0.1, -0.05) is 0 Å². The topological polar surface area (TPSA) is 60.4 Å². The second-order valence-corrected chi connectivity index (χ2v) is 7.21. The van der Waals surface area contributed by atoms with Gasteiger partial charge in [0.25, 0.3) is 0 Å². The van der Waals surface area contributed by atoms with Crippen LogP contribution in [0.25, 0.3) is 0 Å². The van der Waals surface area contributed by atoms with Crippen molar-refractivity contribution < 1.29 is 21.8 Å². The molecule has 1 rings (SSSR count). The number of halogens is 2. The van der Waals surface area contributed by atoms with Crippen molar-refractivity contribution in [3.8, 4) is 0 Å². The molecule has 0 amide bonds. The molecule has 100 valence electrons. The summed E-state index contributed by atoms with van der Waals surface area (Å²) in [6, 6.07) is 3.54. The van der Waals surface area contributed by atoms with E-state index in [-0.39, 0.29) is 5.56 Å². The number of esters is 1. The van der Waals surface area contributed by atoms with E-state index in [0.29, 0.717) is 3.57 Å². The summed E-state index contributed by atoms with van der Waals surface area (Å²) in [4.78, 5) is 11.2. The first-order valence-electron chi connectivity index (χ1n) is 4.98. The first kappa shape index (κ1) is 15.4. The standard InChI is InChI=1S/C11H12FIO4S/c1-11(2,3)17-10(14)7-4-8(13)6-9(5-7)18(12,15)16/h4-6H,1-3H3. The Morgan fingerprint density at radius 1 is 1.28 bits per heavy atom. The maximum absolute atomic E-state index is 12.9. The van der Waals surface area contributed by atoms with Gasteiger partial charge in [0.2, 0.25) is 0 Å². The molecule has 0 aliphatic rings. The van der Waals surface area contributed by atoms with E-state index in [9.17, 15) is 17.1 Å². The van der Waals surface area contributed by atoms with Crippen molar-refractivity contribution in [1.29, 1.82) is 0 Å². The van der Waals surface area contributed by atoms with Crippen LogP contribution in [0.4, 0.5) is 3.89 Å². The molecule has 0 saturated heterocycles. The van der Waals surface area contributed by atoms with Gasteiger partial charge in [-0.3, -0.25) is 0 Å². The third-order valence-corrected chi connectivity index (χ3v) is 3.21. The molecule has 0 spiro atoms. The quantitative estimate of drug-likeness (QED) is 0.446. The van der Waals surface area contributed by atoms with Gasteiger partial charge in [0.1, 0.15) is 10.5 Å². The lowest BCUT2D eigenvalue weighted by Gasteiger charge is -2.19. The SMILES string of the molecule is CC(C)(C)OC(=O)c1cc(I)cc(S(=O)(=O)F)c1. The zero-order valence-corrected chi connectivity index (χ0v) is 13.0. The molecule has 0 radical (unpaired) electrons. The van der Waals surface area contributed by atoms with Crippen LogP contribution in [0, 0.1) is 3.57 Å². The van der Waals surface area contributed by atoms with Crippen LogP contribution in [0.2, 0.25) is 0 Å². The van der Waals surface area contributed by atoms with Gasteiger partial charge in [-0.2, -0.15) is 8.42 Å². The summed E-state index contributed by atoms with van der Waals surface area (Å²) < 4.78 is 40.1. The van der Waals surface area contributed by atoms with Crippen molar-refractivity contribution in [3.05, 3.63) is 27.3 Å². The Balaban J connectivity index is 3.19. The monoisotopic (exact) mass is 386 g/mol.